The van der Waals surface area contributed by atoms with Gasteiger partial charge in [-0.3, -0.25) is 16.0 Å². The smallest absolute Gasteiger partial charge is 0.161 e. The number of aromatic nitrogens is 2. The van der Waals surface area contributed by atoms with Crippen LogP contribution in [0.15, 0.2) is 6.20 Å². The third-order valence-corrected chi connectivity index (χ3v) is 2.64. The van der Waals surface area contributed by atoms with E-state index in [0.717, 1.165) is 30.8 Å². The van der Waals surface area contributed by atoms with E-state index in [4.69, 9.17) is 15.3 Å². The summed E-state index contributed by atoms with van der Waals surface area (Å²) in [5.41, 5.74) is 3.77. The summed E-state index contributed by atoms with van der Waals surface area (Å²) in [5.74, 6) is 6.35. The molecule has 0 amide bonds. The second-order valence-electron chi connectivity index (χ2n) is 3.82. The summed E-state index contributed by atoms with van der Waals surface area (Å²) < 4.78 is 12.3. The van der Waals surface area contributed by atoms with Crippen molar-refractivity contribution >= 4 is 0 Å². The van der Waals surface area contributed by atoms with Crippen molar-refractivity contribution in [2.75, 3.05) is 20.8 Å². The second kappa shape index (κ2) is 7.26. The van der Waals surface area contributed by atoms with Crippen LogP contribution in [-0.4, -0.2) is 30.6 Å². The van der Waals surface area contributed by atoms with Crippen LogP contribution < -0.4 is 16.0 Å². The number of ether oxygens (including phenoxy) is 2. The topological polar surface area (TPSA) is 74.3 Å². The molecule has 17 heavy (non-hydrogen) atoms. The lowest BCUT2D eigenvalue weighted by Crippen LogP contribution is -2.31. The lowest BCUT2D eigenvalue weighted by atomic mass is 10.1. The highest BCUT2D eigenvalue weighted by Crippen LogP contribution is 2.26. The molecule has 1 atom stereocenters. The SMILES string of the molecule is CCCn1ncc(OC)c1C(CCOC)NN. The minimum absolute atomic E-state index is 0.0149. The summed E-state index contributed by atoms with van der Waals surface area (Å²) in [6.07, 6.45) is 3.51. The third kappa shape index (κ3) is 3.42. The van der Waals surface area contributed by atoms with E-state index in [2.05, 4.69) is 17.4 Å². The predicted molar refractivity (Wildman–Crippen MR) is 65.6 cm³/mol. The fraction of sp³-hybridized carbons (Fsp3) is 0.727. The first-order valence-electron chi connectivity index (χ1n) is 5.83. The van der Waals surface area contributed by atoms with Crippen molar-refractivity contribution in [2.45, 2.75) is 32.4 Å². The fourth-order valence-corrected chi connectivity index (χ4v) is 1.81. The number of nitrogens with zero attached hydrogens (tertiary/aromatic N) is 2. The predicted octanol–water partition coefficient (Wildman–Crippen LogP) is 0.843. The van der Waals surface area contributed by atoms with Gasteiger partial charge >= 0.3 is 0 Å². The molecule has 1 rings (SSSR count). The zero-order valence-corrected chi connectivity index (χ0v) is 10.8. The maximum Gasteiger partial charge on any atom is 0.161 e. The van der Waals surface area contributed by atoms with E-state index < -0.39 is 0 Å². The number of hydrogen-bond donors (Lipinski definition) is 2. The Kier molecular flexibility index (Phi) is 5.96. The monoisotopic (exact) mass is 242 g/mol. The zero-order chi connectivity index (χ0) is 12.7. The molecule has 0 aromatic carbocycles. The molecule has 0 aliphatic rings. The molecule has 6 heteroatoms. The summed E-state index contributed by atoms with van der Waals surface area (Å²) in [6.45, 7) is 3.59. The van der Waals surface area contributed by atoms with E-state index in [1.165, 1.54) is 0 Å². The third-order valence-electron chi connectivity index (χ3n) is 2.64. The van der Waals surface area contributed by atoms with Gasteiger partial charge in [-0.15, -0.1) is 0 Å². The van der Waals surface area contributed by atoms with Crippen molar-refractivity contribution in [1.82, 2.24) is 15.2 Å². The number of nitrogens with one attached hydrogen (secondary N) is 1. The molecule has 0 fully saturated rings. The van der Waals surface area contributed by atoms with Gasteiger partial charge in [-0.25, -0.2) is 0 Å². The quantitative estimate of drug-likeness (QED) is 0.522. The van der Waals surface area contributed by atoms with Crippen molar-refractivity contribution in [3.05, 3.63) is 11.9 Å². The number of rotatable bonds is 8. The van der Waals surface area contributed by atoms with Crippen LogP contribution in [0.3, 0.4) is 0 Å². The van der Waals surface area contributed by atoms with Crippen LogP contribution in [0.2, 0.25) is 0 Å². The zero-order valence-electron chi connectivity index (χ0n) is 10.8. The Morgan fingerprint density at radius 3 is 2.82 bits per heavy atom. The number of hydrazine groups is 1. The molecule has 1 unspecified atom stereocenters. The van der Waals surface area contributed by atoms with Crippen LogP contribution in [0, 0.1) is 0 Å². The molecule has 98 valence electrons. The summed E-state index contributed by atoms with van der Waals surface area (Å²) in [4.78, 5) is 0. The number of nitrogens with two attached hydrogens (primary N) is 1. The largest absolute Gasteiger partial charge is 0.493 e. The lowest BCUT2D eigenvalue weighted by Gasteiger charge is -2.18. The van der Waals surface area contributed by atoms with Gasteiger partial charge < -0.3 is 9.47 Å². The number of methoxy groups -OCH3 is 2. The minimum atomic E-state index is -0.0149. The van der Waals surface area contributed by atoms with Gasteiger partial charge in [0.2, 0.25) is 0 Å². The first-order valence-corrected chi connectivity index (χ1v) is 5.83. The normalized spacial score (nSPS) is 12.7. The molecule has 1 aromatic heterocycles. The van der Waals surface area contributed by atoms with Crippen molar-refractivity contribution in [3.8, 4) is 5.75 Å². The van der Waals surface area contributed by atoms with Gasteiger partial charge in [-0.1, -0.05) is 6.92 Å². The van der Waals surface area contributed by atoms with E-state index in [-0.39, 0.29) is 6.04 Å². The molecular weight excluding hydrogens is 220 g/mol. The molecule has 0 bridgehead atoms. The summed E-state index contributed by atoms with van der Waals surface area (Å²) in [7, 11) is 3.31. The van der Waals surface area contributed by atoms with Gasteiger partial charge in [0.15, 0.2) is 5.75 Å². The average Bonchev–Trinajstić information content (AvgIpc) is 2.74. The van der Waals surface area contributed by atoms with Crippen LogP contribution in [0.25, 0.3) is 0 Å². The standard InChI is InChI=1S/C11H22N4O2/c1-4-6-15-11(10(17-3)8-13-15)9(14-12)5-7-16-2/h8-9,14H,4-7,12H2,1-3H3. The van der Waals surface area contributed by atoms with Crippen molar-refractivity contribution < 1.29 is 9.47 Å². The van der Waals surface area contributed by atoms with Gasteiger partial charge in [-0.05, 0) is 12.8 Å². The second-order valence-corrected chi connectivity index (χ2v) is 3.82. The Hall–Kier alpha value is -1.11. The van der Waals surface area contributed by atoms with Crippen LogP contribution in [-0.2, 0) is 11.3 Å². The van der Waals surface area contributed by atoms with Crippen LogP contribution >= 0.6 is 0 Å². The Morgan fingerprint density at radius 2 is 2.29 bits per heavy atom. The van der Waals surface area contributed by atoms with Crippen LogP contribution in [0.4, 0.5) is 0 Å². The van der Waals surface area contributed by atoms with Gasteiger partial charge in [0, 0.05) is 20.3 Å². The minimum Gasteiger partial charge on any atom is -0.493 e. The Morgan fingerprint density at radius 1 is 1.53 bits per heavy atom. The molecule has 6 nitrogen and oxygen atoms in total. The van der Waals surface area contributed by atoms with E-state index >= 15 is 0 Å². The molecule has 0 aliphatic heterocycles. The average molecular weight is 242 g/mol. The Bertz CT molecular complexity index is 327. The van der Waals surface area contributed by atoms with Crippen molar-refractivity contribution in [2.24, 2.45) is 5.84 Å². The molecule has 1 aromatic rings. The molecule has 0 radical (unpaired) electrons. The summed E-state index contributed by atoms with van der Waals surface area (Å²) in [6, 6.07) is -0.0149. The molecule has 0 saturated carbocycles. The summed E-state index contributed by atoms with van der Waals surface area (Å²) in [5, 5.41) is 4.31. The summed E-state index contributed by atoms with van der Waals surface area (Å²) >= 11 is 0. The highest BCUT2D eigenvalue weighted by molar-refractivity contribution is 5.28. The maximum absolute atomic E-state index is 5.59. The number of hydrogen-bond acceptors (Lipinski definition) is 5. The van der Waals surface area contributed by atoms with Gasteiger partial charge in [0.25, 0.3) is 0 Å². The number of aryl methyl sites for hydroxylation is 1. The molecule has 0 aliphatic carbocycles. The van der Waals surface area contributed by atoms with Gasteiger partial charge in [0.1, 0.15) is 0 Å². The van der Waals surface area contributed by atoms with E-state index in [0.29, 0.717) is 6.61 Å². The Balaban J connectivity index is 2.92. The van der Waals surface area contributed by atoms with E-state index in [1.54, 1.807) is 20.4 Å². The van der Waals surface area contributed by atoms with Crippen LogP contribution in [0.5, 0.6) is 5.75 Å². The lowest BCUT2D eigenvalue weighted by molar-refractivity contribution is 0.180. The van der Waals surface area contributed by atoms with Crippen molar-refractivity contribution in [3.63, 3.8) is 0 Å². The van der Waals surface area contributed by atoms with Crippen molar-refractivity contribution in [1.29, 1.82) is 0 Å². The Labute approximate surface area is 102 Å². The highest BCUT2D eigenvalue weighted by Gasteiger charge is 2.20. The first-order chi connectivity index (χ1) is 8.28. The fourth-order valence-electron chi connectivity index (χ4n) is 1.81. The molecule has 0 spiro atoms. The van der Waals surface area contributed by atoms with Gasteiger partial charge in [0.05, 0.1) is 25.0 Å². The van der Waals surface area contributed by atoms with Crippen LogP contribution in [0.1, 0.15) is 31.5 Å². The maximum atomic E-state index is 5.59. The van der Waals surface area contributed by atoms with E-state index in [1.807, 2.05) is 4.68 Å². The van der Waals surface area contributed by atoms with E-state index in [9.17, 15) is 0 Å². The first kappa shape index (κ1) is 14.0. The molecule has 0 saturated heterocycles. The molecule has 3 N–H and O–H groups in total. The van der Waals surface area contributed by atoms with Gasteiger partial charge in [-0.2, -0.15) is 5.10 Å². The highest BCUT2D eigenvalue weighted by atomic mass is 16.5. The molecular formula is C11H22N4O2. The molecule has 1 heterocycles.